The van der Waals surface area contributed by atoms with E-state index in [9.17, 15) is 0 Å². The van der Waals surface area contributed by atoms with Crippen molar-refractivity contribution in [3.63, 3.8) is 0 Å². The summed E-state index contributed by atoms with van der Waals surface area (Å²) in [4.78, 5) is 0. The zero-order valence-electron chi connectivity index (χ0n) is 2.31. The highest BCUT2D eigenvalue weighted by Gasteiger charge is 1.72. The summed E-state index contributed by atoms with van der Waals surface area (Å²) in [6.45, 7) is 0. The fourth-order valence-electron chi connectivity index (χ4n) is 0. The first-order valence-electron chi connectivity index (χ1n) is 1.00. The van der Waals surface area contributed by atoms with Crippen molar-refractivity contribution in [1.82, 2.24) is 0 Å². The summed E-state index contributed by atoms with van der Waals surface area (Å²) in [5.41, 5.74) is 0. The largest absolute Gasteiger partial charge is 0.159 e. The Morgan fingerprint density at radius 1 is 0.833 bits per heavy atom. The second-order valence-corrected chi connectivity index (χ2v) is 0.385. The van der Waals surface area contributed by atoms with Crippen molar-refractivity contribution in [1.29, 1.82) is 0 Å². The Balaban J connectivity index is 2.34. The summed E-state index contributed by atoms with van der Waals surface area (Å²) in [7, 11) is 10.00. The summed E-state index contributed by atoms with van der Waals surface area (Å²) in [6, 6.07) is 0. The van der Waals surface area contributed by atoms with Crippen molar-refractivity contribution >= 4 is 43.7 Å². The summed E-state index contributed by atoms with van der Waals surface area (Å²) < 4.78 is 0. The topological polar surface area (TPSA) is 0 Å². The van der Waals surface area contributed by atoms with Crippen LogP contribution in [-0.4, -0.2) is 43.7 Å². The van der Waals surface area contributed by atoms with Crippen LogP contribution in [0.15, 0.2) is 0 Å². The van der Waals surface area contributed by atoms with Crippen molar-refractivity contribution in [3.8, 4) is 0 Å². The third-order valence-electron chi connectivity index (χ3n) is 0.111. The second-order valence-electron chi connectivity index (χ2n) is 0.385. The molecule has 0 aromatic heterocycles. The van der Waals surface area contributed by atoms with E-state index in [0.29, 0.717) is 15.5 Å². The van der Waals surface area contributed by atoms with E-state index >= 15 is 0 Å². The van der Waals surface area contributed by atoms with Crippen LogP contribution in [0.5, 0.6) is 0 Å². The number of hydrogen-bond acceptors (Lipinski definition) is 0. The minimum Gasteiger partial charge on any atom is -0.159 e. The molecule has 0 heterocycles. The molecule has 0 aliphatic carbocycles. The molecule has 0 saturated carbocycles. The van der Waals surface area contributed by atoms with Crippen LogP contribution in [0.4, 0.5) is 0 Å². The minimum absolute atomic E-state index is 0.536. The van der Waals surface area contributed by atoms with Gasteiger partial charge in [0.05, 0.1) is 0 Å². The molecule has 0 aliphatic rings. The minimum atomic E-state index is 0.536. The molecule has 6 heteroatoms. The molecule has 0 unspecified atom stereocenters. The molecule has 0 amide bonds. The van der Waals surface area contributed by atoms with Crippen LogP contribution in [0.25, 0.3) is 0 Å². The van der Waals surface area contributed by atoms with Crippen molar-refractivity contribution in [2.75, 3.05) is 0 Å². The molecule has 0 aliphatic heterocycles. The Kier molecular flexibility index (Phi) is 5.74. The molecule has 0 bridgehead atoms. The van der Waals surface area contributed by atoms with Crippen LogP contribution in [-0.2, 0) is 0 Å². The third-order valence-corrected chi connectivity index (χ3v) is 0.111. The monoisotopic (exact) mass is 72.1 g/mol. The Labute approximate surface area is 44.5 Å². The molecule has 0 aromatic rings. The maximum atomic E-state index is 2.29. The molecular weight excluding hydrogens is 64.9 g/mol. The molecular formula is H6B6-2. The summed E-state index contributed by atoms with van der Waals surface area (Å²) in [5.74, 6) is 0. The normalized spacial score (nSPS) is 6.33. The fraction of sp³-hybridized carbons (Fsp3) is 0. The lowest BCUT2D eigenvalue weighted by atomic mass is 9.01. The van der Waals surface area contributed by atoms with Gasteiger partial charge in [0.2, 0.25) is 0 Å². The molecule has 6 heavy (non-hydrogen) atoms. The van der Waals surface area contributed by atoms with E-state index in [1.54, 1.807) is 0 Å². The van der Waals surface area contributed by atoms with Crippen LogP contribution < -0.4 is 0 Å². The molecule has 0 atom stereocenters. The third kappa shape index (κ3) is 4.39. The predicted octanol–water partition coefficient (Wildman–Crippen LogP) is -3.89. The van der Waals surface area contributed by atoms with Gasteiger partial charge in [-0.25, -0.2) is 0 Å². The van der Waals surface area contributed by atoms with E-state index in [2.05, 4.69) is 28.2 Å². The number of rotatable bonds is 3. The van der Waals surface area contributed by atoms with Crippen molar-refractivity contribution in [2.24, 2.45) is 0 Å². The zero-order valence-corrected chi connectivity index (χ0v) is 2.31. The molecule has 4 radical (unpaired) electrons. The SMILES string of the molecule is [BH3-][B][B][B][B][BH3-]. The molecule has 0 rings (SSSR count). The second kappa shape index (κ2) is 5.39. The summed E-state index contributed by atoms with van der Waals surface area (Å²) >= 11 is 0. The molecule has 0 saturated heterocycles. The van der Waals surface area contributed by atoms with E-state index in [4.69, 9.17) is 0 Å². The summed E-state index contributed by atoms with van der Waals surface area (Å²) in [6.07, 6.45) is 0. The van der Waals surface area contributed by atoms with E-state index in [1.807, 2.05) is 0 Å². The zero-order chi connectivity index (χ0) is 4.83. The molecule has 0 spiro atoms. The first kappa shape index (κ1) is 6.39. The first-order chi connectivity index (χ1) is 2.91. The molecule has 26 valence electrons. The Hall–Kier alpha value is 0.390. The Bertz CT molecular complexity index is 12.0. The van der Waals surface area contributed by atoms with Crippen LogP contribution in [0.2, 0.25) is 0 Å². The van der Waals surface area contributed by atoms with E-state index in [-0.39, 0.29) is 0 Å². The highest BCUT2D eigenvalue weighted by molar-refractivity contribution is 7.56. The van der Waals surface area contributed by atoms with Gasteiger partial charge in [-0.1, -0.05) is 15.5 Å². The fourth-order valence-corrected chi connectivity index (χ4v) is 0. The lowest BCUT2D eigenvalue weighted by Crippen LogP contribution is -2.18. The predicted molar refractivity (Wildman–Crippen MR) is 42.9 cm³/mol. The quantitative estimate of drug-likeness (QED) is 0.236. The lowest BCUT2D eigenvalue weighted by molar-refractivity contribution is 3.95. The van der Waals surface area contributed by atoms with Gasteiger partial charge in [0, 0.05) is 0 Å². The first-order valence-corrected chi connectivity index (χ1v) is 1.00. The molecule has 0 nitrogen and oxygen atoms in total. The average molecular weight is 70.9 g/mol. The number of hydrogen-bond donors (Lipinski definition) is 0. The lowest BCUT2D eigenvalue weighted by Gasteiger charge is -1.89. The van der Waals surface area contributed by atoms with Gasteiger partial charge in [0.15, 0.2) is 0 Å². The van der Waals surface area contributed by atoms with Gasteiger partial charge >= 0.3 is 0 Å². The maximum Gasteiger partial charge on any atom is -0.0380 e. The molecule has 0 fully saturated rings. The average Bonchev–Trinajstić information content (AvgIpc) is 1.61. The van der Waals surface area contributed by atoms with Crippen LogP contribution in [0.1, 0.15) is 0 Å². The van der Waals surface area contributed by atoms with Crippen molar-refractivity contribution in [3.05, 3.63) is 0 Å². The van der Waals surface area contributed by atoms with Crippen LogP contribution >= 0.6 is 0 Å². The summed E-state index contributed by atoms with van der Waals surface area (Å²) in [5, 5.41) is 0. The van der Waals surface area contributed by atoms with Gasteiger partial charge in [0.25, 0.3) is 0 Å². The standard InChI is InChI=1S/B6H6/c1-3-5-6-4-2/h1-2H3/q-2. The van der Waals surface area contributed by atoms with Crippen molar-refractivity contribution in [2.45, 2.75) is 0 Å². The van der Waals surface area contributed by atoms with E-state index < -0.39 is 0 Å². The Morgan fingerprint density at radius 3 is 1.33 bits per heavy atom. The molecule has 0 aromatic carbocycles. The highest BCUT2D eigenvalue weighted by atomic mass is 12.6. The van der Waals surface area contributed by atoms with E-state index in [0.717, 1.165) is 0 Å². The van der Waals surface area contributed by atoms with Gasteiger partial charge < -0.3 is 0 Å². The van der Waals surface area contributed by atoms with Gasteiger partial charge in [-0.15, -0.1) is 0 Å². The van der Waals surface area contributed by atoms with Gasteiger partial charge in [0.1, 0.15) is 0 Å². The maximum absolute atomic E-state index is 2.29. The molecule has 0 N–H and O–H groups in total. The van der Waals surface area contributed by atoms with Gasteiger partial charge in [-0.05, 0) is 14.1 Å². The van der Waals surface area contributed by atoms with Crippen LogP contribution in [0.3, 0.4) is 0 Å². The Morgan fingerprint density at radius 2 is 1.17 bits per heavy atom. The van der Waals surface area contributed by atoms with Crippen LogP contribution in [0, 0.1) is 0 Å². The van der Waals surface area contributed by atoms with E-state index in [1.165, 1.54) is 0 Å². The van der Waals surface area contributed by atoms with Gasteiger partial charge in [-0.2, -0.15) is 14.1 Å². The highest BCUT2D eigenvalue weighted by Crippen LogP contribution is 1.42. The smallest absolute Gasteiger partial charge is 0.0380 e. The van der Waals surface area contributed by atoms with Crippen molar-refractivity contribution < 1.29 is 0 Å². The van der Waals surface area contributed by atoms with Gasteiger partial charge in [-0.3, -0.25) is 0 Å².